The number of nitrogens with zero attached hydrogens (tertiary/aromatic N) is 1. The van der Waals surface area contributed by atoms with Crippen LogP contribution in [-0.2, 0) is 12.0 Å². The number of hydrogen-bond donors (Lipinski definition) is 2. The van der Waals surface area contributed by atoms with Crippen molar-refractivity contribution < 1.29 is 5.11 Å². The van der Waals surface area contributed by atoms with E-state index in [0.29, 0.717) is 5.92 Å². The molecule has 0 radical (unpaired) electrons. The second-order valence-corrected chi connectivity index (χ2v) is 7.21. The van der Waals surface area contributed by atoms with Crippen LogP contribution in [0.3, 0.4) is 0 Å². The van der Waals surface area contributed by atoms with Crippen LogP contribution in [0.5, 0.6) is 0 Å². The van der Waals surface area contributed by atoms with Crippen LogP contribution in [-0.4, -0.2) is 15.1 Å². The van der Waals surface area contributed by atoms with Gasteiger partial charge in [0.25, 0.3) is 0 Å². The predicted octanol–water partition coefficient (Wildman–Crippen LogP) is 4.84. The summed E-state index contributed by atoms with van der Waals surface area (Å²) in [6.45, 7) is 7.93. The zero-order valence-electron chi connectivity index (χ0n) is 14.9. The van der Waals surface area contributed by atoms with Crippen LogP contribution in [0, 0.1) is 6.92 Å². The highest BCUT2D eigenvalue weighted by Gasteiger charge is 2.17. The molecule has 1 unspecified atom stereocenters. The van der Waals surface area contributed by atoms with Crippen molar-refractivity contribution in [3.8, 4) is 0 Å². The Kier molecular flexibility index (Phi) is 4.46. The van der Waals surface area contributed by atoms with Crippen molar-refractivity contribution in [1.29, 1.82) is 0 Å². The molecule has 3 aromatic rings. The second-order valence-electron chi connectivity index (χ2n) is 7.21. The zero-order chi connectivity index (χ0) is 17.3. The first-order valence-electron chi connectivity index (χ1n) is 8.65. The van der Waals surface area contributed by atoms with Crippen molar-refractivity contribution in [3.63, 3.8) is 0 Å². The third-order valence-electron chi connectivity index (χ3n) is 4.68. The van der Waals surface area contributed by atoms with Crippen molar-refractivity contribution >= 4 is 11.0 Å². The minimum atomic E-state index is -0.792. The Bertz CT molecular complexity index is 825. The highest BCUT2D eigenvalue weighted by Crippen LogP contribution is 2.26. The first kappa shape index (κ1) is 16.7. The Morgan fingerprint density at radius 1 is 1.12 bits per heavy atom. The summed E-state index contributed by atoms with van der Waals surface area (Å²) in [5.74, 6) is 1.43. The zero-order valence-corrected chi connectivity index (χ0v) is 14.9. The van der Waals surface area contributed by atoms with Gasteiger partial charge in [0.05, 0.1) is 16.6 Å². The molecular weight excluding hydrogens is 296 g/mol. The summed E-state index contributed by atoms with van der Waals surface area (Å²) in [7, 11) is 0. The fraction of sp³-hybridized carbons (Fsp3) is 0.381. The molecule has 1 heterocycles. The maximum absolute atomic E-state index is 10.1. The van der Waals surface area contributed by atoms with Gasteiger partial charge in [0, 0.05) is 5.92 Å². The minimum Gasteiger partial charge on any atom is -0.386 e. The average Bonchev–Trinajstić information content (AvgIpc) is 2.95. The third-order valence-corrected chi connectivity index (χ3v) is 4.68. The van der Waals surface area contributed by atoms with Crippen LogP contribution < -0.4 is 0 Å². The molecule has 3 rings (SSSR count). The van der Waals surface area contributed by atoms with Gasteiger partial charge in [-0.25, -0.2) is 4.98 Å². The van der Waals surface area contributed by atoms with Crippen LogP contribution >= 0.6 is 0 Å². The summed E-state index contributed by atoms with van der Waals surface area (Å²) >= 11 is 0. The second kappa shape index (κ2) is 6.40. The number of aromatic amines is 1. The molecular formula is C21H26N2O. The lowest BCUT2D eigenvalue weighted by atomic mass is 9.93. The van der Waals surface area contributed by atoms with E-state index in [1.165, 1.54) is 11.1 Å². The first-order chi connectivity index (χ1) is 11.4. The van der Waals surface area contributed by atoms with Crippen molar-refractivity contribution in [1.82, 2.24) is 9.97 Å². The molecule has 0 aliphatic rings. The van der Waals surface area contributed by atoms with Crippen LogP contribution in [0.15, 0.2) is 42.5 Å². The largest absolute Gasteiger partial charge is 0.386 e. The van der Waals surface area contributed by atoms with Crippen molar-refractivity contribution in [3.05, 3.63) is 65.0 Å². The van der Waals surface area contributed by atoms with E-state index in [0.717, 1.165) is 35.3 Å². The van der Waals surface area contributed by atoms with E-state index in [1.54, 1.807) is 0 Å². The molecule has 2 N–H and O–H groups in total. The maximum atomic E-state index is 10.1. The molecule has 126 valence electrons. The van der Waals surface area contributed by atoms with Gasteiger partial charge < -0.3 is 10.1 Å². The standard InChI is InChI=1S/C21H26N2O/c1-5-16(13-15-7-9-17(10-8-15)21(3,4)24)20-22-18-11-6-14(2)12-19(18)23-20/h6-12,16,24H,5,13H2,1-4H3,(H,22,23). The lowest BCUT2D eigenvalue weighted by Gasteiger charge is -2.18. The van der Waals surface area contributed by atoms with E-state index in [9.17, 15) is 5.11 Å². The minimum absolute atomic E-state index is 0.366. The monoisotopic (exact) mass is 322 g/mol. The normalized spacial score (nSPS) is 13.4. The molecule has 0 fully saturated rings. The molecule has 0 saturated heterocycles. The Morgan fingerprint density at radius 2 is 1.83 bits per heavy atom. The van der Waals surface area contributed by atoms with Crippen molar-refractivity contribution in [2.24, 2.45) is 0 Å². The first-order valence-corrected chi connectivity index (χ1v) is 8.65. The molecule has 0 spiro atoms. The van der Waals surface area contributed by atoms with E-state index in [4.69, 9.17) is 4.98 Å². The average molecular weight is 322 g/mol. The lowest BCUT2D eigenvalue weighted by molar-refractivity contribution is 0.0786. The molecule has 0 saturated carbocycles. The summed E-state index contributed by atoms with van der Waals surface area (Å²) in [6.07, 6.45) is 1.98. The number of hydrogen-bond acceptors (Lipinski definition) is 2. The third kappa shape index (κ3) is 3.51. The predicted molar refractivity (Wildman–Crippen MR) is 99.3 cm³/mol. The van der Waals surface area contributed by atoms with E-state index in [2.05, 4.69) is 49.2 Å². The van der Waals surface area contributed by atoms with Gasteiger partial charge in [0.1, 0.15) is 5.82 Å². The summed E-state index contributed by atoms with van der Waals surface area (Å²) in [6, 6.07) is 14.6. The van der Waals surface area contributed by atoms with Crippen molar-refractivity contribution in [2.75, 3.05) is 0 Å². The Balaban J connectivity index is 1.83. The lowest BCUT2D eigenvalue weighted by Crippen LogP contribution is -2.15. The number of aromatic nitrogens is 2. The van der Waals surface area contributed by atoms with E-state index < -0.39 is 5.60 Å². The van der Waals surface area contributed by atoms with Gasteiger partial charge in [-0.3, -0.25) is 0 Å². The number of nitrogens with one attached hydrogen (secondary N) is 1. The molecule has 0 bridgehead atoms. The number of H-pyrrole nitrogens is 1. The molecule has 1 atom stereocenters. The maximum Gasteiger partial charge on any atom is 0.110 e. The number of fused-ring (bicyclic) bond motifs is 1. The van der Waals surface area contributed by atoms with E-state index in [1.807, 2.05) is 26.0 Å². The topological polar surface area (TPSA) is 48.9 Å². The molecule has 0 amide bonds. The van der Waals surface area contributed by atoms with Gasteiger partial charge in [0.15, 0.2) is 0 Å². The molecule has 2 aromatic carbocycles. The molecule has 3 heteroatoms. The molecule has 1 aromatic heterocycles. The molecule has 0 aliphatic heterocycles. The smallest absolute Gasteiger partial charge is 0.110 e. The van der Waals surface area contributed by atoms with Gasteiger partial charge in [0.2, 0.25) is 0 Å². The Hall–Kier alpha value is -2.13. The van der Waals surface area contributed by atoms with E-state index >= 15 is 0 Å². The van der Waals surface area contributed by atoms with Crippen LogP contribution in [0.4, 0.5) is 0 Å². The summed E-state index contributed by atoms with van der Waals surface area (Å²) in [5, 5.41) is 10.1. The SMILES string of the molecule is CCC(Cc1ccc(C(C)(C)O)cc1)c1nc2ccc(C)cc2[nH]1. The summed E-state index contributed by atoms with van der Waals surface area (Å²) in [4.78, 5) is 8.27. The highest BCUT2D eigenvalue weighted by atomic mass is 16.3. The molecule has 3 nitrogen and oxygen atoms in total. The fourth-order valence-electron chi connectivity index (χ4n) is 3.10. The van der Waals surface area contributed by atoms with Gasteiger partial charge in [-0.2, -0.15) is 0 Å². The van der Waals surface area contributed by atoms with Gasteiger partial charge in [-0.15, -0.1) is 0 Å². The van der Waals surface area contributed by atoms with Gasteiger partial charge in [-0.05, 0) is 62.4 Å². The van der Waals surface area contributed by atoms with Gasteiger partial charge >= 0.3 is 0 Å². The summed E-state index contributed by atoms with van der Waals surface area (Å²) < 4.78 is 0. The van der Waals surface area contributed by atoms with Crippen molar-refractivity contribution in [2.45, 2.75) is 52.1 Å². The fourth-order valence-corrected chi connectivity index (χ4v) is 3.10. The van der Waals surface area contributed by atoms with Crippen LogP contribution in [0.2, 0.25) is 0 Å². The Morgan fingerprint density at radius 3 is 2.46 bits per heavy atom. The van der Waals surface area contributed by atoms with Crippen LogP contribution in [0.1, 0.15) is 55.6 Å². The number of rotatable bonds is 5. The van der Waals surface area contributed by atoms with Gasteiger partial charge in [-0.1, -0.05) is 37.3 Å². The highest BCUT2D eigenvalue weighted by molar-refractivity contribution is 5.75. The number of benzene rings is 2. The number of aryl methyl sites for hydroxylation is 1. The van der Waals surface area contributed by atoms with E-state index in [-0.39, 0.29) is 0 Å². The molecule has 0 aliphatic carbocycles. The Labute approximate surface area is 143 Å². The number of imidazole rings is 1. The van der Waals surface area contributed by atoms with Crippen LogP contribution in [0.25, 0.3) is 11.0 Å². The number of aliphatic hydroxyl groups is 1. The molecule has 24 heavy (non-hydrogen) atoms. The quantitative estimate of drug-likeness (QED) is 0.706. The summed E-state index contributed by atoms with van der Waals surface area (Å²) in [5.41, 5.74) is 4.81.